The Morgan fingerprint density at radius 2 is 2.15 bits per heavy atom. The van der Waals surface area contributed by atoms with Gasteiger partial charge in [-0.25, -0.2) is 9.79 Å². The maximum atomic E-state index is 12.9. The molecule has 26 heavy (non-hydrogen) atoms. The molecule has 0 bridgehead atoms. The topological polar surface area (TPSA) is 59.0 Å². The number of halogens is 1. The first-order chi connectivity index (χ1) is 12.3. The lowest BCUT2D eigenvalue weighted by molar-refractivity contribution is -0.141. The number of esters is 1. The van der Waals surface area contributed by atoms with Crippen LogP contribution < -0.4 is 0 Å². The second kappa shape index (κ2) is 7.56. The minimum Gasteiger partial charge on any atom is -0.462 e. The van der Waals surface area contributed by atoms with Crippen LogP contribution in [0.15, 0.2) is 45.0 Å². The second-order valence-electron chi connectivity index (χ2n) is 6.81. The lowest BCUT2D eigenvalue weighted by Gasteiger charge is -2.33. The molecule has 2 atom stereocenters. The number of benzene rings is 1. The first kappa shape index (κ1) is 19.2. The van der Waals surface area contributed by atoms with Crippen LogP contribution in [0, 0.1) is 5.92 Å². The number of aliphatic imine (C=N–C) groups is 1. The van der Waals surface area contributed by atoms with Gasteiger partial charge < -0.3 is 4.74 Å². The fourth-order valence-electron chi connectivity index (χ4n) is 2.98. The summed E-state index contributed by atoms with van der Waals surface area (Å²) in [5.74, 6) is -0.225. The molecule has 138 valence electrons. The number of rotatable bonds is 4. The Hall–Kier alpha value is -1.60. The summed E-state index contributed by atoms with van der Waals surface area (Å²) in [6.45, 7) is 7.96. The fraction of sp³-hybridized carbons (Fsp3) is 0.421. The first-order valence-electron chi connectivity index (χ1n) is 8.51. The van der Waals surface area contributed by atoms with E-state index in [0.717, 1.165) is 10.0 Å². The minimum atomic E-state index is -0.524. The van der Waals surface area contributed by atoms with Crippen LogP contribution >= 0.6 is 27.7 Å². The molecule has 1 aromatic rings. The average molecular weight is 437 g/mol. The van der Waals surface area contributed by atoms with Crippen molar-refractivity contribution in [2.24, 2.45) is 10.9 Å². The molecular formula is C19H21BrN2O3S. The summed E-state index contributed by atoms with van der Waals surface area (Å²) in [7, 11) is 0. The predicted octanol–water partition coefficient (Wildman–Crippen LogP) is 4.30. The third-order valence-electron chi connectivity index (χ3n) is 4.19. The van der Waals surface area contributed by atoms with E-state index in [1.807, 2.05) is 45.0 Å². The number of amidine groups is 1. The van der Waals surface area contributed by atoms with Gasteiger partial charge in [-0.05, 0) is 37.5 Å². The summed E-state index contributed by atoms with van der Waals surface area (Å²) >= 11 is 4.90. The maximum Gasteiger partial charge on any atom is 0.338 e. The Labute approximate surface area is 166 Å². The molecule has 0 unspecified atom stereocenters. The minimum absolute atomic E-state index is 0.0413. The van der Waals surface area contributed by atoms with Crippen LogP contribution in [0.3, 0.4) is 0 Å². The zero-order valence-corrected chi connectivity index (χ0v) is 17.6. The van der Waals surface area contributed by atoms with E-state index < -0.39 is 12.0 Å². The van der Waals surface area contributed by atoms with Gasteiger partial charge in [-0.15, -0.1) is 0 Å². The monoisotopic (exact) mass is 436 g/mol. The number of amides is 1. The van der Waals surface area contributed by atoms with E-state index in [1.54, 1.807) is 11.8 Å². The molecular weight excluding hydrogens is 416 g/mol. The fourth-order valence-corrected chi connectivity index (χ4v) is 4.42. The van der Waals surface area contributed by atoms with Crippen LogP contribution in [0.4, 0.5) is 0 Å². The van der Waals surface area contributed by atoms with Crippen molar-refractivity contribution in [1.29, 1.82) is 0 Å². The summed E-state index contributed by atoms with van der Waals surface area (Å²) in [5, 5.41) is 0.424. The van der Waals surface area contributed by atoms with Crippen LogP contribution in [-0.4, -0.2) is 33.8 Å². The zero-order chi connectivity index (χ0) is 19.0. The highest BCUT2D eigenvalue weighted by molar-refractivity contribution is 9.10. The average Bonchev–Trinajstić information content (AvgIpc) is 2.85. The number of allylic oxidation sites excluding steroid dienone is 1. The molecule has 1 saturated heterocycles. The number of carbonyl (C=O) groups excluding carboxylic acids is 2. The van der Waals surface area contributed by atoms with E-state index in [2.05, 4.69) is 20.9 Å². The third kappa shape index (κ3) is 3.60. The van der Waals surface area contributed by atoms with Gasteiger partial charge in [0, 0.05) is 4.47 Å². The van der Waals surface area contributed by atoms with E-state index in [4.69, 9.17) is 4.74 Å². The lowest BCUT2D eigenvalue weighted by atomic mass is 9.94. The maximum absolute atomic E-state index is 12.9. The smallest absolute Gasteiger partial charge is 0.338 e. The van der Waals surface area contributed by atoms with Crippen molar-refractivity contribution in [2.75, 3.05) is 6.61 Å². The van der Waals surface area contributed by atoms with Gasteiger partial charge >= 0.3 is 5.97 Å². The molecule has 7 heteroatoms. The van der Waals surface area contributed by atoms with E-state index in [-0.39, 0.29) is 17.1 Å². The number of thioether (sulfide) groups is 1. The van der Waals surface area contributed by atoms with Gasteiger partial charge in [0.15, 0.2) is 5.17 Å². The van der Waals surface area contributed by atoms with Gasteiger partial charge in [0.2, 0.25) is 5.91 Å². The van der Waals surface area contributed by atoms with Crippen LogP contribution in [-0.2, 0) is 14.3 Å². The van der Waals surface area contributed by atoms with E-state index in [9.17, 15) is 9.59 Å². The van der Waals surface area contributed by atoms with Gasteiger partial charge in [0.05, 0.1) is 29.2 Å². The summed E-state index contributed by atoms with van der Waals surface area (Å²) in [5.41, 5.74) is 1.88. The molecule has 2 heterocycles. The standard InChI is InChI=1S/C19H21BrN2O3S/c1-10(2)9-25-18(24)15-11(3)21-19-22(17(23)12(4)26-19)16(15)13-6-5-7-14(20)8-13/h5-8,10,12,16H,9H2,1-4H3/t12-,16+/m0/s1. The normalized spacial score (nSPS) is 22.6. The number of hydrogen-bond acceptors (Lipinski definition) is 5. The Morgan fingerprint density at radius 3 is 2.81 bits per heavy atom. The van der Waals surface area contributed by atoms with Crippen LogP contribution in [0.2, 0.25) is 0 Å². The Balaban J connectivity index is 2.08. The van der Waals surface area contributed by atoms with Gasteiger partial charge in [-0.3, -0.25) is 9.69 Å². The van der Waals surface area contributed by atoms with Crippen molar-refractivity contribution in [2.45, 2.75) is 39.0 Å². The third-order valence-corrected chi connectivity index (χ3v) is 5.74. The van der Waals surface area contributed by atoms with E-state index in [0.29, 0.717) is 23.0 Å². The summed E-state index contributed by atoms with van der Waals surface area (Å²) < 4.78 is 6.37. The molecule has 2 aliphatic heterocycles. The Kier molecular flexibility index (Phi) is 5.58. The number of nitrogens with zero attached hydrogens (tertiary/aromatic N) is 2. The molecule has 2 aliphatic rings. The molecule has 5 nitrogen and oxygen atoms in total. The van der Waals surface area contributed by atoms with Crippen molar-refractivity contribution < 1.29 is 14.3 Å². The van der Waals surface area contributed by atoms with Crippen LogP contribution in [0.5, 0.6) is 0 Å². The van der Waals surface area contributed by atoms with Crippen LogP contribution in [0.25, 0.3) is 0 Å². The quantitative estimate of drug-likeness (QED) is 0.660. The zero-order valence-electron chi connectivity index (χ0n) is 15.2. The molecule has 3 rings (SSSR count). The molecule has 1 fully saturated rings. The molecule has 0 aromatic heterocycles. The van der Waals surface area contributed by atoms with E-state index in [1.165, 1.54) is 11.8 Å². The van der Waals surface area contributed by atoms with E-state index >= 15 is 0 Å². The molecule has 0 aliphatic carbocycles. The van der Waals surface area contributed by atoms with Crippen molar-refractivity contribution in [3.05, 3.63) is 45.6 Å². The van der Waals surface area contributed by atoms with Gasteiger partial charge in [-0.1, -0.05) is 53.7 Å². The lowest BCUT2D eigenvalue weighted by Crippen LogP contribution is -2.40. The van der Waals surface area contributed by atoms with Crippen molar-refractivity contribution >= 4 is 44.7 Å². The highest BCUT2D eigenvalue weighted by Gasteiger charge is 2.46. The first-order valence-corrected chi connectivity index (χ1v) is 10.2. The predicted molar refractivity (Wildman–Crippen MR) is 107 cm³/mol. The van der Waals surface area contributed by atoms with Gasteiger partial charge in [0.1, 0.15) is 0 Å². The molecule has 0 N–H and O–H groups in total. The molecule has 0 saturated carbocycles. The molecule has 1 amide bonds. The second-order valence-corrected chi connectivity index (χ2v) is 9.04. The highest BCUT2D eigenvalue weighted by atomic mass is 79.9. The number of hydrogen-bond donors (Lipinski definition) is 0. The summed E-state index contributed by atoms with van der Waals surface area (Å²) in [6.07, 6.45) is 0. The molecule has 1 aromatic carbocycles. The summed E-state index contributed by atoms with van der Waals surface area (Å²) in [4.78, 5) is 31.8. The Morgan fingerprint density at radius 1 is 1.42 bits per heavy atom. The summed E-state index contributed by atoms with van der Waals surface area (Å²) in [6, 6.07) is 7.14. The highest BCUT2D eigenvalue weighted by Crippen LogP contribution is 2.43. The molecule has 0 spiro atoms. The Bertz CT molecular complexity index is 819. The number of fused-ring (bicyclic) bond motifs is 1. The largest absolute Gasteiger partial charge is 0.462 e. The van der Waals surface area contributed by atoms with Crippen molar-refractivity contribution in [3.63, 3.8) is 0 Å². The van der Waals surface area contributed by atoms with Crippen molar-refractivity contribution in [1.82, 2.24) is 4.90 Å². The van der Waals surface area contributed by atoms with Crippen molar-refractivity contribution in [3.8, 4) is 0 Å². The van der Waals surface area contributed by atoms with Gasteiger partial charge in [-0.2, -0.15) is 0 Å². The van der Waals surface area contributed by atoms with Gasteiger partial charge in [0.25, 0.3) is 0 Å². The van der Waals surface area contributed by atoms with Crippen LogP contribution in [0.1, 0.15) is 39.3 Å². The SMILES string of the molecule is CC1=C(C(=O)OCC(C)C)[C@@H](c2cccc(Br)c2)N2C(=O)[C@H](C)SC2=N1. The number of ether oxygens (including phenoxy) is 1. The molecule has 0 radical (unpaired) electrons. The number of carbonyl (C=O) groups is 2.